The number of carboxylic acid groups (broad SMARTS) is 1. The number of aliphatic carboxylic acids is 1. The molecule has 54 heavy (non-hydrogen) atoms. The van der Waals surface area contributed by atoms with Gasteiger partial charge < -0.3 is 19.4 Å². The van der Waals surface area contributed by atoms with Gasteiger partial charge in [0.25, 0.3) is 8.32 Å². The summed E-state index contributed by atoms with van der Waals surface area (Å²) >= 11 is 0. The first-order chi connectivity index (χ1) is 25.9. The lowest BCUT2D eigenvalue weighted by molar-refractivity contribution is -0.141. The zero-order chi connectivity index (χ0) is 38.5. The number of ether oxygens (including phenoxy) is 1. The van der Waals surface area contributed by atoms with Gasteiger partial charge in [-0.3, -0.25) is 19.3 Å². The van der Waals surface area contributed by atoms with Crippen LogP contribution in [0.4, 0.5) is 0 Å². The van der Waals surface area contributed by atoms with Gasteiger partial charge in [0.1, 0.15) is 5.75 Å². The number of imide groups is 1. The highest BCUT2D eigenvalue weighted by Gasteiger charge is 2.57. The van der Waals surface area contributed by atoms with Crippen molar-refractivity contribution in [3.8, 4) is 5.75 Å². The molecule has 8 nitrogen and oxygen atoms in total. The summed E-state index contributed by atoms with van der Waals surface area (Å²) in [4.78, 5) is 40.7. The van der Waals surface area contributed by atoms with E-state index < -0.39 is 26.1 Å². The number of carbonyl (C=O) groups is 3. The Balaban J connectivity index is 1.34. The Bertz CT molecular complexity index is 1830. The number of hydrogen-bond donors (Lipinski definition) is 2. The minimum Gasteiger partial charge on any atom is -0.508 e. The van der Waals surface area contributed by atoms with Crippen LogP contribution in [0, 0.1) is 17.8 Å². The number of phenolic OH excluding ortho intramolecular Hbond substituents is 1. The van der Waals surface area contributed by atoms with Gasteiger partial charge >= 0.3 is 5.97 Å². The molecule has 2 aliphatic heterocycles. The molecule has 3 aromatic rings. The van der Waals surface area contributed by atoms with Gasteiger partial charge in [0.15, 0.2) is 0 Å². The number of fused-ring (bicyclic) bond motifs is 3. The summed E-state index contributed by atoms with van der Waals surface area (Å²) in [5.74, 6) is -2.00. The normalized spacial score (nSPS) is 21.8. The Morgan fingerprint density at radius 3 is 2.20 bits per heavy atom. The molecule has 3 aromatic carbocycles. The number of nitrogens with zero attached hydrogens (tertiary/aromatic N) is 1. The largest absolute Gasteiger partial charge is 0.508 e. The monoisotopic (exact) mass is 749 g/mol. The van der Waals surface area contributed by atoms with E-state index in [-0.39, 0.29) is 41.0 Å². The van der Waals surface area contributed by atoms with Crippen molar-refractivity contribution < 1.29 is 33.8 Å². The van der Waals surface area contributed by atoms with Gasteiger partial charge in [0.05, 0.1) is 31.2 Å². The highest BCUT2D eigenvalue weighted by atomic mass is 28.4. The molecule has 2 amide bonds. The summed E-state index contributed by atoms with van der Waals surface area (Å²) in [6, 6.07) is 28.4. The van der Waals surface area contributed by atoms with E-state index in [0.29, 0.717) is 45.4 Å². The van der Waals surface area contributed by atoms with Crippen molar-refractivity contribution in [2.24, 2.45) is 17.8 Å². The van der Waals surface area contributed by atoms with Crippen molar-refractivity contribution >= 4 is 42.6 Å². The Labute approximate surface area is 321 Å². The van der Waals surface area contributed by atoms with Crippen LogP contribution < -0.4 is 10.4 Å². The SMILES string of the molecule is CC/C(=C\c1cccc(O)c1)CC[C@H]1OC[C@H]2C1=C(CO[Si](c1ccccc1)(c1ccccc1)C(C)(C)C)C[C@H]1C(=O)N(CCCCCC(=O)O)C(=O)[C@H]12. The first-order valence-corrected chi connectivity index (χ1v) is 21.5. The van der Waals surface area contributed by atoms with Gasteiger partial charge in [-0.2, -0.15) is 0 Å². The van der Waals surface area contributed by atoms with Crippen LogP contribution in [0.25, 0.3) is 6.08 Å². The lowest BCUT2D eigenvalue weighted by atomic mass is 9.69. The van der Waals surface area contributed by atoms with Crippen molar-refractivity contribution in [1.29, 1.82) is 0 Å². The number of carboxylic acids is 1. The molecule has 0 unspecified atom stereocenters. The Morgan fingerprint density at radius 2 is 1.59 bits per heavy atom. The van der Waals surface area contributed by atoms with Gasteiger partial charge in [-0.25, -0.2) is 0 Å². The zero-order valence-corrected chi connectivity index (χ0v) is 33.1. The average Bonchev–Trinajstić information content (AvgIpc) is 3.68. The van der Waals surface area contributed by atoms with E-state index in [1.165, 1.54) is 20.8 Å². The molecular formula is C45H55NO7Si. The molecule has 0 saturated carbocycles. The van der Waals surface area contributed by atoms with E-state index in [4.69, 9.17) is 14.3 Å². The molecule has 2 N–H and O–H groups in total. The molecule has 2 saturated heterocycles. The van der Waals surface area contributed by atoms with Crippen LogP contribution in [0.1, 0.15) is 84.6 Å². The zero-order valence-electron chi connectivity index (χ0n) is 32.1. The van der Waals surface area contributed by atoms with Crippen molar-refractivity contribution in [2.45, 2.75) is 90.2 Å². The number of rotatable bonds is 16. The third-order valence-electron chi connectivity index (χ3n) is 11.7. The van der Waals surface area contributed by atoms with E-state index in [1.54, 1.807) is 12.1 Å². The number of amides is 2. The molecule has 3 aliphatic rings. The molecule has 9 heteroatoms. The lowest BCUT2D eigenvalue weighted by Crippen LogP contribution is -2.66. The predicted octanol–water partition coefficient (Wildman–Crippen LogP) is 7.50. The van der Waals surface area contributed by atoms with Gasteiger partial charge in [0, 0.05) is 18.9 Å². The summed E-state index contributed by atoms with van der Waals surface area (Å²) in [5.41, 5.74) is 4.41. The summed E-state index contributed by atoms with van der Waals surface area (Å²) in [6.07, 6.45) is 6.60. The quantitative estimate of drug-likeness (QED) is 0.0675. The number of allylic oxidation sites excluding steroid dienone is 1. The van der Waals surface area contributed by atoms with Crippen LogP contribution in [-0.4, -0.2) is 67.1 Å². The number of aromatic hydroxyl groups is 1. The summed E-state index contributed by atoms with van der Waals surface area (Å²) in [7, 11) is -2.91. The van der Waals surface area contributed by atoms with E-state index >= 15 is 0 Å². The van der Waals surface area contributed by atoms with E-state index in [0.717, 1.165) is 36.0 Å². The van der Waals surface area contributed by atoms with Crippen LogP contribution in [0.2, 0.25) is 5.04 Å². The fraction of sp³-hybridized carbons (Fsp3) is 0.444. The number of carbonyl (C=O) groups excluding carboxylic acids is 2. The molecule has 0 radical (unpaired) electrons. The second kappa shape index (κ2) is 17.0. The first-order valence-electron chi connectivity index (χ1n) is 19.6. The van der Waals surface area contributed by atoms with Crippen LogP contribution in [0.5, 0.6) is 5.75 Å². The first kappa shape index (κ1) is 39.4. The molecule has 286 valence electrons. The van der Waals surface area contributed by atoms with Crippen LogP contribution in [-0.2, 0) is 23.5 Å². The minimum absolute atomic E-state index is 0.0820. The van der Waals surface area contributed by atoms with E-state index in [2.05, 4.69) is 82.3 Å². The van der Waals surface area contributed by atoms with Crippen molar-refractivity contribution in [1.82, 2.24) is 4.90 Å². The molecule has 4 atom stereocenters. The average molecular weight is 750 g/mol. The van der Waals surface area contributed by atoms with Gasteiger partial charge in [0.2, 0.25) is 11.8 Å². The smallest absolute Gasteiger partial charge is 0.303 e. The fourth-order valence-electron chi connectivity index (χ4n) is 9.09. The van der Waals surface area contributed by atoms with Crippen LogP contribution in [0.15, 0.2) is 102 Å². The maximum absolute atomic E-state index is 14.1. The molecular weight excluding hydrogens is 695 g/mol. The standard InChI is InChI=1S/C45H55NO7Si/c1-5-31(26-32-16-15-17-34(47)27-32)23-24-39-41-33(29-53-54(45(2,3)4,35-18-9-6-10-19-35)36-20-11-7-12-21-36)28-37-42(38(41)30-52-39)44(51)46(43(37)50)25-14-8-13-22-40(48)49/h6-7,9-12,15-21,26-27,37-39,42,47H,5,8,13-14,22-25,28-30H2,1-4H3,(H,48,49)/b31-26+/t37-,38+,39-,42-/m1/s1. The van der Waals surface area contributed by atoms with Gasteiger partial charge in [-0.15, -0.1) is 0 Å². The molecule has 6 rings (SSSR count). The van der Waals surface area contributed by atoms with Crippen LogP contribution in [0.3, 0.4) is 0 Å². The fourth-order valence-corrected chi connectivity index (χ4v) is 13.6. The summed E-state index contributed by atoms with van der Waals surface area (Å²) in [6.45, 7) is 9.96. The lowest BCUT2D eigenvalue weighted by Gasteiger charge is -2.44. The summed E-state index contributed by atoms with van der Waals surface area (Å²) < 4.78 is 14.1. The van der Waals surface area contributed by atoms with Crippen molar-refractivity contribution in [3.63, 3.8) is 0 Å². The number of likely N-dealkylation sites (tertiary alicyclic amines) is 1. The molecule has 2 heterocycles. The Hall–Kier alpha value is -4.31. The second-order valence-corrected chi connectivity index (χ2v) is 20.4. The minimum atomic E-state index is -2.91. The highest BCUT2D eigenvalue weighted by Crippen LogP contribution is 2.50. The van der Waals surface area contributed by atoms with E-state index in [9.17, 15) is 19.5 Å². The maximum Gasteiger partial charge on any atom is 0.303 e. The molecule has 2 fully saturated rings. The highest BCUT2D eigenvalue weighted by molar-refractivity contribution is 6.99. The molecule has 0 aromatic heterocycles. The molecule has 1 aliphatic carbocycles. The molecule has 0 spiro atoms. The van der Waals surface area contributed by atoms with Gasteiger partial charge in [-0.05, 0) is 82.8 Å². The number of benzene rings is 3. The maximum atomic E-state index is 14.1. The number of phenols is 1. The molecule has 0 bridgehead atoms. The second-order valence-electron chi connectivity index (χ2n) is 16.1. The topological polar surface area (TPSA) is 113 Å². The predicted molar refractivity (Wildman–Crippen MR) is 214 cm³/mol. The number of unbranched alkanes of at least 4 members (excludes halogenated alkanes) is 2. The van der Waals surface area contributed by atoms with Crippen LogP contribution >= 0.6 is 0 Å². The Kier molecular flexibility index (Phi) is 12.4. The number of hydrogen-bond acceptors (Lipinski definition) is 6. The van der Waals surface area contributed by atoms with Crippen molar-refractivity contribution in [2.75, 3.05) is 19.8 Å². The van der Waals surface area contributed by atoms with Crippen molar-refractivity contribution in [3.05, 3.63) is 107 Å². The third kappa shape index (κ3) is 8.19. The Morgan fingerprint density at radius 1 is 0.907 bits per heavy atom. The third-order valence-corrected chi connectivity index (χ3v) is 16.7. The van der Waals surface area contributed by atoms with Gasteiger partial charge in [-0.1, -0.05) is 119 Å². The van der Waals surface area contributed by atoms with E-state index in [1.807, 2.05) is 24.3 Å². The summed E-state index contributed by atoms with van der Waals surface area (Å²) in [5, 5.41) is 21.2.